The number of rotatable bonds is 4. The Balaban J connectivity index is 1.91. The summed E-state index contributed by atoms with van der Waals surface area (Å²) >= 11 is 0. The number of hydrogen-bond donors (Lipinski definition) is 1. The molecule has 1 aromatic heterocycles. The van der Waals surface area contributed by atoms with Crippen LogP contribution in [0.25, 0.3) is 11.4 Å². The molecule has 1 aliphatic heterocycles. The normalized spacial score (nSPS) is 15.4. The van der Waals surface area contributed by atoms with Gasteiger partial charge in [-0.25, -0.2) is 0 Å². The smallest absolute Gasteiger partial charge is 0.232 e. The van der Waals surface area contributed by atoms with E-state index in [4.69, 9.17) is 9.26 Å². The molecule has 18 heavy (non-hydrogen) atoms. The lowest BCUT2D eigenvalue weighted by Gasteiger charge is -2.22. The lowest BCUT2D eigenvalue weighted by molar-refractivity contribution is 0.308. The van der Waals surface area contributed by atoms with Gasteiger partial charge in [0.2, 0.25) is 11.7 Å². The molecule has 0 atom stereocenters. The van der Waals surface area contributed by atoms with Crippen LogP contribution in [0.3, 0.4) is 0 Å². The zero-order valence-corrected chi connectivity index (χ0v) is 10.2. The van der Waals surface area contributed by atoms with Crippen molar-refractivity contribution in [2.45, 2.75) is 12.8 Å². The maximum absolute atomic E-state index is 5.57. The molecule has 0 spiro atoms. The molecule has 0 bridgehead atoms. The van der Waals surface area contributed by atoms with Crippen molar-refractivity contribution in [1.82, 2.24) is 15.5 Å². The molecule has 2 aromatic rings. The third-order valence-corrected chi connectivity index (χ3v) is 3.00. The van der Waals surface area contributed by atoms with Gasteiger partial charge in [-0.3, -0.25) is 0 Å². The van der Waals surface area contributed by atoms with Gasteiger partial charge in [-0.2, -0.15) is 4.98 Å². The van der Waals surface area contributed by atoms with Gasteiger partial charge in [-0.05, 0) is 19.1 Å². The molecule has 1 fully saturated rings. The monoisotopic (exact) mass is 245 g/mol. The average Bonchev–Trinajstić information content (AvgIpc) is 2.77. The topological polar surface area (TPSA) is 60.2 Å². The van der Waals surface area contributed by atoms with Crippen LogP contribution in [0.5, 0.6) is 5.75 Å². The predicted octanol–water partition coefficient (Wildman–Crippen LogP) is 1.82. The molecule has 3 rings (SSSR count). The van der Waals surface area contributed by atoms with Crippen LogP contribution in [0.4, 0.5) is 0 Å². The maximum Gasteiger partial charge on any atom is 0.232 e. The van der Waals surface area contributed by atoms with E-state index >= 15 is 0 Å². The molecule has 5 nitrogen and oxygen atoms in total. The second kappa shape index (κ2) is 4.78. The zero-order valence-electron chi connectivity index (χ0n) is 10.2. The van der Waals surface area contributed by atoms with Gasteiger partial charge in [0.15, 0.2) is 0 Å². The summed E-state index contributed by atoms with van der Waals surface area (Å²) in [7, 11) is 0. The first kappa shape index (κ1) is 11.2. The summed E-state index contributed by atoms with van der Waals surface area (Å²) in [5, 5.41) is 7.23. The standard InChI is InChI=1S/C13H15N3O2/c1-2-17-11-6-4-3-5-10(11)12-15-13(18-16-12)9-7-14-8-9/h3-6,9,14H,2,7-8H2,1H3. The summed E-state index contributed by atoms with van der Waals surface area (Å²) in [6.07, 6.45) is 0. The molecule has 0 aliphatic carbocycles. The highest BCUT2D eigenvalue weighted by atomic mass is 16.5. The summed E-state index contributed by atoms with van der Waals surface area (Å²) in [5.74, 6) is 2.44. The van der Waals surface area contributed by atoms with Crippen LogP contribution in [0.15, 0.2) is 28.8 Å². The van der Waals surface area contributed by atoms with E-state index in [-0.39, 0.29) is 0 Å². The summed E-state index contributed by atoms with van der Waals surface area (Å²) in [6.45, 7) is 4.40. The molecule has 5 heteroatoms. The van der Waals surface area contributed by atoms with E-state index < -0.39 is 0 Å². The fourth-order valence-electron chi connectivity index (χ4n) is 1.91. The molecule has 1 N–H and O–H groups in total. The SMILES string of the molecule is CCOc1ccccc1-c1noc(C2CNC2)n1. The second-order valence-corrected chi connectivity index (χ2v) is 4.24. The number of nitrogens with zero attached hydrogens (tertiary/aromatic N) is 2. The van der Waals surface area contributed by atoms with E-state index in [0.717, 1.165) is 24.4 Å². The van der Waals surface area contributed by atoms with Crippen molar-refractivity contribution in [2.24, 2.45) is 0 Å². The summed E-state index contributed by atoms with van der Waals surface area (Å²) in [5.41, 5.74) is 0.877. The minimum absolute atomic E-state index is 0.352. The zero-order chi connectivity index (χ0) is 12.4. The highest BCUT2D eigenvalue weighted by molar-refractivity contribution is 5.63. The molecule has 1 aliphatic rings. The van der Waals surface area contributed by atoms with Crippen LogP contribution >= 0.6 is 0 Å². The highest BCUT2D eigenvalue weighted by Crippen LogP contribution is 2.29. The molecule has 0 saturated carbocycles. The Hall–Kier alpha value is -1.88. The van der Waals surface area contributed by atoms with Crippen LogP contribution < -0.4 is 10.1 Å². The highest BCUT2D eigenvalue weighted by Gasteiger charge is 2.25. The molecule has 2 heterocycles. The van der Waals surface area contributed by atoms with Gasteiger partial charge in [0, 0.05) is 13.1 Å². The average molecular weight is 245 g/mol. The first-order valence-electron chi connectivity index (χ1n) is 6.15. The number of ether oxygens (including phenoxy) is 1. The van der Waals surface area contributed by atoms with E-state index in [1.54, 1.807) is 0 Å². The number of aromatic nitrogens is 2. The Kier molecular flexibility index (Phi) is 2.98. The van der Waals surface area contributed by atoms with E-state index in [0.29, 0.717) is 24.2 Å². The van der Waals surface area contributed by atoms with E-state index in [9.17, 15) is 0 Å². The molecular weight excluding hydrogens is 230 g/mol. The van der Waals surface area contributed by atoms with Crippen molar-refractivity contribution < 1.29 is 9.26 Å². The quantitative estimate of drug-likeness (QED) is 0.890. The molecule has 0 unspecified atom stereocenters. The van der Waals surface area contributed by atoms with Crippen LogP contribution in [-0.4, -0.2) is 29.8 Å². The van der Waals surface area contributed by atoms with Crippen LogP contribution in [-0.2, 0) is 0 Å². The maximum atomic E-state index is 5.57. The molecule has 0 amide bonds. The van der Waals surface area contributed by atoms with Crippen LogP contribution in [0, 0.1) is 0 Å². The largest absolute Gasteiger partial charge is 0.493 e. The van der Waals surface area contributed by atoms with Gasteiger partial charge in [0.05, 0.1) is 18.1 Å². The van der Waals surface area contributed by atoms with Crippen LogP contribution in [0.1, 0.15) is 18.7 Å². The first-order chi connectivity index (χ1) is 8.88. The molecule has 94 valence electrons. The van der Waals surface area contributed by atoms with Gasteiger partial charge in [0.1, 0.15) is 5.75 Å². The van der Waals surface area contributed by atoms with Gasteiger partial charge in [-0.15, -0.1) is 0 Å². The summed E-state index contributed by atoms with van der Waals surface area (Å²) < 4.78 is 10.9. The summed E-state index contributed by atoms with van der Waals surface area (Å²) in [6, 6.07) is 7.74. The van der Waals surface area contributed by atoms with Gasteiger partial charge >= 0.3 is 0 Å². The molecular formula is C13H15N3O2. The van der Waals surface area contributed by atoms with E-state index in [1.165, 1.54) is 0 Å². The van der Waals surface area contributed by atoms with Gasteiger partial charge in [0.25, 0.3) is 0 Å². The van der Waals surface area contributed by atoms with Crippen molar-refractivity contribution in [3.63, 3.8) is 0 Å². The van der Waals surface area contributed by atoms with Crippen molar-refractivity contribution in [3.8, 4) is 17.1 Å². The predicted molar refractivity (Wildman–Crippen MR) is 66.5 cm³/mol. The Morgan fingerprint density at radius 2 is 2.22 bits per heavy atom. The Labute approximate surface area is 105 Å². The summed E-state index contributed by atoms with van der Waals surface area (Å²) in [4.78, 5) is 4.45. The molecule has 0 radical (unpaired) electrons. The molecule has 1 aromatic carbocycles. The minimum Gasteiger partial charge on any atom is -0.493 e. The number of benzene rings is 1. The van der Waals surface area contributed by atoms with Crippen molar-refractivity contribution >= 4 is 0 Å². The Bertz CT molecular complexity index is 535. The lowest BCUT2D eigenvalue weighted by Crippen LogP contribution is -2.40. The minimum atomic E-state index is 0.352. The van der Waals surface area contributed by atoms with Gasteiger partial charge < -0.3 is 14.6 Å². The third kappa shape index (κ3) is 1.97. The fraction of sp³-hybridized carbons (Fsp3) is 0.385. The van der Waals surface area contributed by atoms with Crippen molar-refractivity contribution in [1.29, 1.82) is 0 Å². The number of hydrogen-bond acceptors (Lipinski definition) is 5. The lowest BCUT2D eigenvalue weighted by atomic mass is 10.0. The third-order valence-electron chi connectivity index (χ3n) is 3.00. The first-order valence-corrected chi connectivity index (χ1v) is 6.15. The van der Waals surface area contributed by atoms with E-state index in [2.05, 4.69) is 15.5 Å². The Morgan fingerprint density at radius 3 is 2.94 bits per heavy atom. The Morgan fingerprint density at radius 1 is 1.39 bits per heavy atom. The number of para-hydroxylation sites is 1. The van der Waals surface area contributed by atoms with Gasteiger partial charge in [-0.1, -0.05) is 17.3 Å². The van der Waals surface area contributed by atoms with Crippen molar-refractivity contribution in [2.75, 3.05) is 19.7 Å². The number of nitrogens with one attached hydrogen (secondary N) is 1. The molecule has 1 saturated heterocycles. The van der Waals surface area contributed by atoms with E-state index in [1.807, 2.05) is 31.2 Å². The van der Waals surface area contributed by atoms with Crippen LogP contribution in [0.2, 0.25) is 0 Å². The van der Waals surface area contributed by atoms with Crippen molar-refractivity contribution in [3.05, 3.63) is 30.2 Å². The fourth-order valence-corrected chi connectivity index (χ4v) is 1.91. The second-order valence-electron chi connectivity index (χ2n) is 4.24.